The maximum absolute atomic E-state index is 4.76. The average Bonchev–Trinajstić information content (AvgIpc) is 3.55. The maximum Gasteiger partial charge on any atom is 0.0894 e. The summed E-state index contributed by atoms with van der Waals surface area (Å²) in [5.41, 5.74) is 11.6. The SMILES string of the molecule is c1ccc(-c2ccc(N(c3ccc(-c4ccc5ccccc5c4)cc3)c3ccc(-c4ccnc5c4sc4ccccc45)cc3)cc2)cc1. The van der Waals surface area contributed by atoms with Crippen LogP contribution in [0.4, 0.5) is 17.1 Å². The second kappa shape index (κ2) is 12.0. The number of benzene rings is 7. The van der Waals surface area contributed by atoms with E-state index >= 15 is 0 Å². The molecule has 7 aromatic carbocycles. The Morgan fingerprint density at radius 2 is 0.958 bits per heavy atom. The highest BCUT2D eigenvalue weighted by Gasteiger charge is 2.16. The third kappa shape index (κ3) is 5.11. The van der Waals surface area contributed by atoms with E-state index in [1.807, 2.05) is 17.5 Å². The van der Waals surface area contributed by atoms with Crippen molar-refractivity contribution >= 4 is 59.5 Å². The van der Waals surface area contributed by atoms with Crippen molar-refractivity contribution in [3.05, 3.63) is 182 Å². The number of hydrogen-bond donors (Lipinski definition) is 0. The van der Waals surface area contributed by atoms with Crippen LogP contribution in [-0.4, -0.2) is 4.98 Å². The fraction of sp³-hybridized carbons (Fsp3) is 0. The van der Waals surface area contributed by atoms with E-state index in [0.717, 1.165) is 22.6 Å². The number of pyridine rings is 1. The molecule has 0 amide bonds. The lowest BCUT2D eigenvalue weighted by atomic mass is 10.0. The Hall–Kier alpha value is -6.03. The van der Waals surface area contributed by atoms with Crippen LogP contribution in [0.15, 0.2) is 182 Å². The Balaban J connectivity index is 1.11. The summed E-state index contributed by atoms with van der Waals surface area (Å²) in [5, 5.41) is 3.72. The van der Waals surface area contributed by atoms with E-state index < -0.39 is 0 Å². The smallest absolute Gasteiger partial charge is 0.0894 e. The van der Waals surface area contributed by atoms with Gasteiger partial charge in [0.05, 0.1) is 10.2 Å². The van der Waals surface area contributed by atoms with E-state index in [9.17, 15) is 0 Å². The zero-order chi connectivity index (χ0) is 31.9. The lowest BCUT2D eigenvalue weighted by Crippen LogP contribution is -2.09. The fourth-order valence-electron chi connectivity index (χ4n) is 6.67. The van der Waals surface area contributed by atoms with Gasteiger partial charge in [-0.15, -0.1) is 11.3 Å². The second-order valence-electron chi connectivity index (χ2n) is 12.0. The van der Waals surface area contributed by atoms with Gasteiger partial charge in [0.1, 0.15) is 0 Å². The molecule has 0 spiro atoms. The molecule has 0 saturated heterocycles. The first kappa shape index (κ1) is 28.2. The fourth-order valence-corrected chi connectivity index (χ4v) is 7.87. The number of rotatable bonds is 6. The van der Waals surface area contributed by atoms with E-state index in [4.69, 9.17) is 4.98 Å². The number of anilines is 3. The van der Waals surface area contributed by atoms with E-state index in [1.165, 1.54) is 58.9 Å². The van der Waals surface area contributed by atoms with E-state index in [1.54, 1.807) is 0 Å². The Kier molecular flexibility index (Phi) is 7.03. The summed E-state index contributed by atoms with van der Waals surface area (Å²) in [7, 11) is 0. The van der Waals surface area contributed by atoms with Gasteiger partial charge in [0.2, 0.25) is 0 Å². The predicted molar refractivity (Wildman–Crippen MR) is 206 cm³/mol. The molecule has 0 saturated carbocycles. The molecule has 0 bridgehead atoms. The molecule has 226 valence electrons. The molecule has 0 fully saturated rings. The molecule has 0 aliphatic carbocycles. The van der Waals surface area contributed by atoms with Crippen LogP contribution in [0.3, 0.4) is 0 Å². The Bertz CT molecular complexity index is 2530. The monoisotopic (exact) mass is 630 g/mol. The summed E-state index contributed by atoms with van der Waals surface area (Å²) in [6.07, 6.45) is 1.93. The number of nitrogens with zero attached hydrogens (tertiary/aromatic N) is 2. The van der Waals surface area contributed by atoms with Gasteiger partial charge in [-0.2, -0.15) is 0 Å². The van der Waals surface area contributed by atoms with Gasteiger partial charge in [0.15, 0.2) is 0 Å². The third-order valence-corrected chi connectivity index (χ3v) is 10.3. The summed E-state index contributed by atoms with van der Waals surface area (Å²) >= 11 is 1.81. The molecule has 0 unspecified atom stereocenters. The quantitative estimate of drug-likeness (QED) is 0.182. The Labute approximate surface area is 283 Å². The number of thiophene rings is 1. The number of hydrogen-bond acceptors (Lipinski definition) is 3. The summed E-state index contributed by atoms with van der Waals surface area (Å²) in [6.45, 7) is 0. The zero-order valence-corrected chi connectivity index (χ0v) is 26.9. The predicted octanol–water partition coefficient (Wildman–Crippen LogP) is 13.1. The number of fused-ring (bicyclic) bond motifs is 4. The summed E-state index contributed by atoms with van der Waals surface area (Å²) < 4.78 is 2.49. The molecule has 2 aromatic heterocycles. The molecule has 9 aromatic rings. The molecule has 2 heterocycles. The maximum atomic E-state index is 4.76. The van der Waals surface area contributed by atoms with Crippen LogP contribution in [0.5, 0.6) is 0 Å². The molecule has 48 heavy (non-hydrogen) atoms. The summed E-state index contributed by atoms with van der Waals surface area (Å²) in [6, 6.07) is 63.2. The van der Waals surface area contributed by atoms with Crippen molar-refractivity contribution < 1.29 is 0 Å². The van der Waals surface area contributed by atoms with Crippen LogP contribution in [0.25, 0.3) is 64.5 Å². The van der Waals surface area contributed by atoms with Crippen molar-refractivity contribution in [1.82, 2.24) is 4.98 Å². The highest BCUT2D eigenvalue weighted by Crippen LogP contribution is 2.41. The topological polar surface area (TPSA) is 16.1 Å². The van der Waals surface area contributed by atoms with Crippen LogP contribution in [0.1, 0.15) is 0 Å². The normalized spacial score (nSPS) is 11.3. The molecule has 2 nitrogen and oxygen atoms in total. The van der Waals surface area contributed by atoms with E-state index in [0.29, 0.717) is 0 Å². The van der Waals surface area contributed by atoms with Gasteiger partial charge in [-0.05, 0) is 93.2 Å². The highest BCUT2D eigenvalue weighted by atomic mass is 32.1. The van der Waals surface area contributed by atoms with Gasteiger partial charge < -0.3 is 4.90 Å². The second-order valence-corrected chi connectivity index (χ2v) is 13.1. The molecule has 0 aliphatic rings. The minimum atomic E-state index is 1.07. The molecule has 0 N–H and O–H groups in total. The van der Waals surface area contributed by atoms with Gasteiger partial charge >= 0.3 is 0 Å². The molecule has 0 radical (unpaired) electrons. The van der Waals surface area contributed by atoms with Crippen LogP contribution < -0.4 is 4.90 Å². The average molecular weight is 631 g/mol. The van der Waals surface area contributed by atoms with Gasteiger partial charge in [0.25, 0.3) is 0 Å². The van der Waals surface area contributed by atoms with Crippen molar-refractivity contribution in [1.29, 1.82) is 0 Å². The minimum Gasteiger partial charge on any atom is -0.311 e. The van der Waals surface area contributed by atoms with Crippen molar-refractivity contribution in [2.75, 3.05) is 4.90 Å². The first-order chi connectivity index (χ1) is 23.8. The van der Waals surface area contributed by atoms with Crippen molar-refractivity contribution in [3.8, 4) is 33.4 Å². The molecular weight excluding hydrogens is 601 g/mol. The molecule has 3 heteroatoms. The lowest BCUT2D eigenvalue weighted by molar-refractivity contribution is 1.28. The minimum absolute atomic E-state index is 1.07. The standard InChI is InChI=1S/C45H30N2S/c1-2-8-31(9-3-1)33-16-22-38(23-17-33)47(39-24-18-34(19-25-39)37-15-14-32-10-4-5-11-36(32)30-37)40-26-20-35(21-27-40)41-28-29-46-44-42-12-6-7-13-43(42)48-45(41)44/h1-30H. The first-order valence-corrected chi connectivity index (χ1v) is 17.0. The van der Waals surface area contributed by atoms with Crippen molar-refractivity contribution in [2.24, 2.45) is 0 Å². The van der Waals surface area contributed by atoms with Gasteiger partial charge in [-0.3, -0.25) is 4.98 Å². The Morgan fingerprint density at radius 1 is 0.417 bits per heavy atom. The van der Waals surface area contributed by atoms with Crippen LogP contribution >= 0.6 is 11.3 Å². The molecule has 0 aliphatic heterocycles. The van der Waals surface area contributed by atoms with Gasteiger partial charge in [0, 0.05) is 38.9 Å². The highest BCUT2D eigenvalue weighted by molar-refractivity contribution is 7.26. The summed E-state index contributed by atoms with van der Waals surface area (Å²) in [4.78, 5) is 7.09. The molecular formula is C45H30N2S. The first-order valence-electron chi connectivity index (χ1n) is 16.2. The van der Waals surface area contributed by atoms with E-state index in [2.05, 4.69) is 181 Å². The molecule has 9 rings (SSSR count). The zero-order valence-electron chi connectivity index (χ0n) is 26.1. The molecule has 0 atom stereocenters. The van der Waals surface area contributed by atoms with Gasteiger partial charge in [-0.25, -0.2) is 0 Å². The van der Waals surface area contributed by atoms with Crippen LogP contribution in [0.2, 0.25) is 0 Å². The van der Waals surface area contributed by atoms with Crippen molar-refractivity contribution in [2.45, 2.75) is 0 Å². The summed E-state index contributed by atoms with van der Waals surface area (Å²) in [5.74, 6) is 0. The largest absolute Gasteiger partial charge is 0.311 e. The van der Waals surface area contributed by atoms with Crippen molar-refractivity contribution in [3.63, 3.8) is 0 Å². The van der Waals surface area contributed by atoms with Crippen LogP contribution in [0, 0.1) is 0 Å². The Morgan fingerprint density at radius 3 is 1.67 bits per heavy atom. The number of aromatic nitrogens is 1. The third-order valence-electron chi connectivity index (χ3n) is 9.14. The van der Waals surface area contributed by atoms with Crippen LogP contribution in [-0.2, 0) is 0 Å². The lowest BCUT2D eigenvalue weighted by Gasteiger charge is -2.26. The van der Waals surface area contributed by atoms with Gasteiger partial charge in [-0.1, -0.05) is 121 Å². The van der Waals surface area contributed by atoms with E-state index in [-0.39, 0.29) is 0 Å².